The van der Waals surface area contributed by atoms with Crippen LogP contribution in [0.1, 0.15) is 37.0 Å². The Bertz CT molecular complexity index is 674. The maximum Gasteiger partial charge on any atom is 0.323 e. The first kappa shape index (κ1) is 16.5. The third-order valence-electron chi connectivity index (χ3n) is 3.60. The van der Waals surface area contributed by atoms with Crippen LogP contribution in [0.3, 0.4) is 0 Å². The fraction of sp³-hybridized carbons (Fsp3) is 0.467. The van der Waals surface area contributed by atoms with Crippen molar-refractivity contribution in [1.82, 2.24) is 4.90 Å². The molecule has 1 aliphatic carbocycles. The third-order valence-corrected chi connectivity index (χ3v) is 5.77. The molecular weight excluding hydrogens is 306 g/mol. The number of rotatable bonds is 6. The Morgan fingerprint density at radius 3 is 2.18 bits per heavy atom. The molecule has 0 heterocycles. The van der Waals surface area contributed by atoms with Gasteiger partial charge in [-0.2, -0.15) is 0 Å². The van der Waals surface area contributed by atoms with E-state index in [1.165, 1.54) is 29.2 Å². The summed E-state index contributed by atoms with van der Waals surface area (Å²) in [6.07, 6.45) is 1.61. The number of sulfone groups is 1. The van der Waals surface area contributed by atoms with Crippen molar-refractivity contribution in [2.24, 2.45) is 0 Å². The lowest BCUT2D eigenvalue weighted by atomic mass is 10.2. The molecule has 1 N–H and O–H groups in total. The second-order valence-corrected chi connectivity index (χ2v) is 8.18. The molecule has 0 spiro atoms. The van der Waals surface area contributed by atoms with E-state index in [1.54, 1.807) is 13.8 Å². The van der Waals surface area contributed by atoms with Gasteiger partial charge in [-0.05, 0) is 51.0 Å². The van der Waals surface area contributed by atoms with E-state index in [0.717, 1.165) is 12.8 Å². The number of nitrogens with zero attached hydrogens (tertiary/aromatic N) is 1. The highest BCUT2D eigenvalue weighted by Gasteiger charge is 2.34. The summed E-state index contributed by atoms with van der Waals surface area (Å²) >= 11 is 0. The van der Waals surface area contributed by atoms with Gasteiger partial charge in [-0.25, -0.2) is 8.42 Å². The fourth-order valence-corrected chi connectivity index (χ4v) is 3.18. The van der Waals surface area contributed by atoms with E-state index in [0.29, 0.717) is 5.56 Å². The molecule has 0 atom stereocenters. The van der Waals surface area contributed by atoms with Crippen LogP contribution in [0.2, 0.25) is 0 Å². The second kappa shape index (κ2) is 6.08. The highest BCUT2D eigenvalue weighted by Crippen LogP contribution is 2.28. The number of carboxylic acids is 1. The van der Waals surface area contributed by atoms with Gasteiger partial charge in [0.2, 0.25) is 0 Å². The van der Waals surface area contributed by atoms with Gasteiger partial charge in [0.05, 0.1) is 10.1 Å². The van der Waals surface area contributed by atoms with Crippen molar-refractivity contribution in [3.8, 4) is 0 Å². The number of amides is 1. The van der Waals surface area contributed by atoms with E-state index in [1.807, 2.05) is 0 Å². The van der Waals surface area contributed by atoms with E-state index < -0.39 is 21.1 Å². The minimum atomic E-state index is -3.38. The van der Waals surface area contributed by atoms with E-state index in [-0.39, 0.29) is 23.4 Å². The normalized spacial score (nSPS) is 14.9. The Hall–Kier alpha value is -1.89. The molecule has 0 unspecified atom stereocenters. The van der Waals surface area contributed by atoms with Gasteiger partial charge in [-0.15, -0.1) is 0 Å². The highest BCUT2D eigenvalue weighted by atomic mass is 32.2. The Morgan fingerprint density at radius 1 is 1.23 bits per heavy atom. The zero-order valence-electron chi connectivity index (χ0n) is 12.5. The molecule has 0 bridgehead atoms. The first-order chi connectivity index (χ1) is 10.2. The van der Waals surface area contributed by atoms with Crippen LogP contribution in [0.5, 0.6) is 0 Å². The molecule has 1 aromatic rings. The molecule has 0 aliphatic heterocycles. The maximum absolute atomic E-state index is 12.4. The number of carbonyl (C=O) groups excluding carboxylic acids is 1. The van der Waals surface area contributed by atoms with Crippen molar-refractivity contribution in [3.63, 3.8) is 0 Å². The summed E-state index contributed by atoms with van der Waals surface area (Å²) in [5.41, 5.74) is 0.302. The van der Waals surface area contributed by atoms with Gasteiger partial charge >= 0.3 is 5.97 Å². The maximum atomic E-state index is 12.4. The molecule has 2 rings (SSSR count). The highest BCUT2D eigenvalue weighted by molar-refractivity contribution is 7.92. The van der Waals surface area contributed by atoms with Gasteiger partial charge < -0.3 is 10.0 Å². The molecular formula is C15H19NO5S. The van der Waals surface area contributed by atoms with Crippen LogP contribution in [0.25, 0.3) is 0 Å². The molecule has 120 valence electrons. The van der Waals surface area contributed by atoms with Crippen molar-refractivity contribution in [2.75, 3.05) is 6.54 Å². The van der Waals surface area contributed by atoms with Gasteiger partial charge in [-0.3, -0.25) is 9.59 Å². The van der Waals surface area contributed by atoms with Crippen molar-refractivity contribution < 1.29 is 23.1 Å². The van der Waals surface area contributed by atoms with Crippen LogP contribution in [0.15, 0.2) is 29.2 Å². The molecule has 7 heteroatoms. The third kappa shape index (κ3) is 3.47. The first-order valence-corrected chi connectivity index (χ1v) is 8.65. The fourth-order valence-electron chi connectivity index (χ4n) is 2.12. The number of carboxylic acid groups (broad SMARTS) is 1. The Kier molecular flexibility index (Phi) is 4.55. The van der Waals surface area contributed by atoms with E-state index >= 15 is 0 Å². The zero-order valence-corrected chi connectivity index (χ0v) is 13.3. The van der Waals surface area contributed by atoms with Crippen molar-refractivity contribution in [2.45, 2.75) is 42.9 Å². The molecule has 1 amide bonds. The second-order valence-electron chi connectivity index (χ2n) is 5.68. The average molecular weight is 325 g/mol. The summed E-state index contributed by atoms with van der Waals surface area (Å²) in [7, 11) is -3.38. The molecule has 22 heavy (non-hydrogen) atoms. The molecule has 0 aromatic heterocycles. The zero-order chi connectivity index (χ0) is 16.5. The van der Waals surface area contributed by atoms with Gasteiger partial charge in [-0.1, -0.05) is 0 Å². The predicted octanol–water partition coefficient (Wildman–Crippen LogP) is 1.56. The van der Waals surface area contributed by atoms with Crippen molar-refractivity contribution in [1.29, 1.82) is 0 Å². The summed E-state index contributed by atoms with van der Waals surface area (Å²) < 4.78 is 24.1. The van der Waals surface area contributed by atoms with E-state index in [2.05, 4.69) is 0 Å². The van der Waals surface area contributed by atoms with Gasteiger partial charge in [0.1, 0.15) is 6.54 Å². The predicted molar refractivity (Wildman–Crippen MR) is 80.5 cm³/mol. The smallest absolute Gasteiger partial charge is 0.323 e. The molecule has 1 aliphatic rings. The SMILES string of the molecule is CC(C)S(=O)(=O)c1ccc(C(=O)N(CC(=O)O)C2CC2)cc1. The molecule has 0 radical (unpaired) electrons. The molecule has 1 saturated carbocycles. The number of hydrogen-bond donors (Lipinski definition) is 1. The molecule has 1 aromatic carbocycles. The summed E-state index contributed by atoms with van der Waals surface area (Å²) in [6, 6.07) is 5.65. The number of carbonyl (C=O) groups is 2. The first-order valence-electron chi connectivity index (χ1n) is 7.10. The minimum Gasteiger partial charge on any atom is -0.480 e. The summed E-state index contributed by atoms with van der Waals surface area (Å²) in [6.45, 7) is 2.85. The summed E-state index contributed by atoms with van der Waals surface area (Å²) in [4.78, 5) is 24.7. The lowest BCUT2D eigenvalue weighted by Gasteiger charge is -2.20. The van der Waals surface area contributed by atoms with Gasteiger partial charge in [0.15, 0.2) is 9.84 Å². The molecule has 1 fully saturated rings. The van der Waals surface area contributed by atoms with Crippen LogP contribution in [-0.2, 0) is 14.6 Å². The van der Waals surface area contributed by atoms with Crippen LogP contribution < -0.4 is 0 Å². The largest absolute Gasteiger partial charge is 0.480 e. The standard InChI is InChI=1S/C15H19NO5S/c1-10(2)22(20,21)13-7-3-11(4-8-13)15(19)16(9-14(17)18)12-5-6-12/h3-4,7-8,10,12H,5-6,9H2,1-2H3,(H,17,18). The quantitative estimate of drug-likeness (QED) is 0.857. The van der Waals surface area contributed by atoms with E-state index in [9.17, 15) is 18.0 Å². The monoisotopic (exact) mass is 325 g/mol. The van der Waals surface area contributed by atoms with E-state index in [4.69, 9.17) is 5.11 Å². The van der Waals surface area contributed by atoms with Gasteiger partial charge in [0, 0.05) is 11.6 Å². The lowest BCUT2D eigenvalue weighted by Crippen LogP contribution is -2.37. The summed E-state index contributed by atoms with van der Waals surface area (Å²) in [5.74, 6) is -1.43. The Labute approximate surface area is 129 Å². The minimum absolute atomic E-state index is 0.0253. The Morgan fingerprint density at radius 2 is 1.77 bits per heavy atom. The van der Waals surface area contributed by atoms with Crippen LogP contribution in [0, 0.1) is 0 Å². The van der Waals surface area contributed by atoms with Crippen LogP contribution >= 0.6 is 0 Å². The summed E-state index contributed by atoms with van der Waals surface area (Å²) in [5, 5.41) is 8.36. The van der Waals surface area contributed by atoms with Crippen molar-refractivity contribution in [3.05, 3.63) is 29.8 Å². The van der Waals surface area contributed by atoms with Crippen molar-refractivity contribution >= 4 is 21.7 Å². The number of aliphatic carboxylic acids is 1. The average Bonchev–Trinajstić information content (AvgIpc) is 3.28. The van der Waals surface area contributed by atoms with Crippen LogP contribution in [0.4, 0.5) is 0 Å². The molecule has 6 nitrogen and oxygen atoms in total. The molecule has 0 saturated heterocycles. The lowest BCUT2D eigenvalue weighted by molar-refractivity contribution is -0.137. The van der Waals surface area contributed by atoms with Gasteiger partial charge in [0.25, 0.3) is 5.91 Å². The Balaban J connectivity index is 2.22. The van der Waals surface area contributed by atoms with Crippen LogP contribution in [-0.4, -0.2) is 48.1 Å². The topological polar surface area (TPSA) is 91.8 Å². The number of hydrogen-bond acceptors (Lipinski definition) is 4. The number of benzene rings is 1.